The van der Waals surface area contributed by atoms with Gasteiger partial charge in [-0.1, -0.05) is 36.4 Å². The Morgan fingerprint density at radius 3 is 2.32 bits per heavy atom. The molecule has 0 radical (unpaired) electrons. The summed E-state index contributed by atoms with van der Waals surface area (Å²) in [5.74, 6) is -0.590. The minimum absolute atomic E-state index is 0.117. The first-order chi connectivity index (χ1) is 14.7. The number of amides is 1. The van der Waals surface area contributed by atoms with E-state index in [4.69, 9.17) is 0 Å². The number of nitrogens with zero attached hydrogens (tertiary/aromatic N) is 2. The second-order valence-corrected chi connectivity index (χ2v) is 7.74. The minimum atomic E-state index is -0.749. The summed E-state index contributed by atoms with van der Waals surface area (Å²) >= 11 is 0. The Labute approximate surface area is 179 Å². The number of hydrogen-bond acceptors (Lipinski definition) is 5. The highest BCUT2D eigenvalue weighted by Gasteiger charge is 2.27. The number of rotatable bonds is 6. The molecule has 8 heteroatoms. The fourth-order valence-electron chi connectivity index (χ4n) is 3.96. The molecule has 2 aromatic carbocycles. The van der Waals surface area contributed by atoms with Crippen LogP contribution in [0, 0.1) is 20.2 Å². The maximum Gasteiger partial charge on any atom is 0.277 e. The zero-order valence-corrected chi connectivity index (χ0v) is 17.4. The first-order valence-electron chi connectivity index (χ1n) is 9.89. The molecule has 0 bridgehead atoms. The average molecular weight is 421 g/mol. The van der Waals surface area contributed by atoms with Crippen LogP contribution in [-0.4, -0.2) is 15.8 Å². The van der Waals surface area contributed by atoms with Crippen molar-refractivity contribution in [3.8, 4) is 0 Å². The fourth-order valence-corrected chi connectivity index (χ4v) is 3.96. The standard InChI is InChI=1S/C23H23N3O5/c1-4-20-16(10-14(2)3)9-8-15-6-5-7-21(22(15)20)24-23(27)17-11-18(25(28)29)13-19(12-17)26(30)31/h4,8-13,21H,1,5-7H2,2-3H3,(H,24,27). The van der Waals surface area contributed by atoms with E-state index in [0.29, 0.717) is 6.42 Å². The summed E-state index contributed by atoms with van der Waals surface area (Å²) in [6.45, 7) is 7.95. The summed E-state index contributed by atoms with van der Waals surface area (Å²) in [7, 11) is 0. The van der Waals surface area contributed by atoms with Gasteiger partial charge in [0.2, 0.25) is 0 Å². The van der Waals surface area contributed by atoms with Crippen molar-refractivity contribution in [3.05, 3.63) is 90.5 Å². The average Bonchev–Trinajstić information content (AvgIpc) is 2.73. The number of allylic oxidation sites excluding steroid dienone is 1. The normalized spacial score (nSPS) is 14.8. The molecule has 31 heavy (non-hydrogen) atoms. The Kier molecular flexibility index (Phi) is 6.29. The van der Waals surface area contributed by atoms with Gasteiger partial charge in [0.25, 0.3) is 17.3 Å². The van der Waals surface area contributed by atoms with Gasteiger partial charge in [-0.2, -0.15) is 0 Å². The van der Waals surface area contributed by atoms with E-state index in [-0.39, 0.29) is 11.6 Å². The predicted octanol–water partition coefficient (Wildman–Crippen LogP) is 5.38. The third-order valence-corrected chi connectivity index (χ3v) is 5.24. The third kappa shape index (κ3) is 4.69. The van der Waals surface area contributed by atoms with Crippen LogP contribution >= 0.6 is 0 Å². The second-order valence-electron chi connectivity index (χ2n) is 7.74. The smallest absolute Gasteiger partial charge is 0.277 e. The molecule has 160 valence electrons. The highest BCUT2D eigenvalue weighted by molar-refractivity contribution is 5.96. The maximum absolute atomic E-state index is 12.9. The van der Waals surface area contributed by atoms with E-state index in [9.17, 15) is 25.0 Å². The highest BCUT2D eigenvalue weighted by atomic mass is 16.6. The van der Waals surface area contributed by atoms with Crippen LogP contribution in [0.15, 0.2) is 42.5 Å². The van der Waals surface area contributed by atoms with E-state index in [2.05, 4.69) is 18.0 Å². The molecular weight excluding hydrogens is 398 g/mol. The van der Waals surface area contributed by atoms with Gasteiger partial charge in [-0.15, -0.1) is 0 Å². The number of nitrogens with one attached hydrogen (secondary N) is 1. The van der Waals surface area contributed by atoms with E-state index in [0.717, 1.165) is 58.9 Å². The van der Waals surface area contributed by atoms with Crippen molar-refractivity contribution in [3.63, 3.8) is 0 Å². The van der Waals surface area contributed by atoms with E-state index in [1.165, 1.54) is 0 Å². The monoisotopic (exact) mass is 421 g/mol. The fraction of sp³-hybridized carbons (Fsp3) is 0.261. The van der Waals surface area contributed by atoms with Gasteiger partial charge in [0.15, 0.2) is 0 Å². The SMILES string of the molecule is C=Cc1c(C=C(C)C)ccc2c1C(NC(=O)c1cc([N+](=O)[O-])cc([N+](=O)[O-])c1)CCC2. The van der Waals surface area contributed by atoms with Gasteiger partial charge in [0, 0.05) is 12.1 Å². The number of hydrogen-bond donors (Lipinski definition) is 1. The van der Waals surface area contributed by atoms with Crippen LogP contribution in [-0.2, 0) is 6.42 Å². The number of benzene rings is 2. The van der Waals surface area contributed by atoms with E-state index in [1.54, 1.807) is 6.08 Å². The summed E-state index contributed by atoms with van der Waals surface area (Å²) in [5, 5.41) is 25.2. The molecule has 1 unspecified atom stereocenters. The van der Waals surface area contributed by atoms with E-state index >= 15 is 0 Å². The van der Waals surface area contributed by atoms with Crippen molar-refractivity contribution >= 4 is 29.4 Å². The summed E-state index contributed by atoms with van der Waals surface area (Å²) in [4.78, 5) is 33.7. The summed E-state index contributed by atoms with van der Waals surface area (Å²) in [6, 6.07) is 6.71. The van der Waals surface area contributed by atoms with Crippen molar-refractivity contribution in [2.24, 2.45) is 0 Å². The van der Waals surface area contributed by atoms with Crippen LogP contribution in [0.2, 0.25) is 0 Å². The van der Waals surface area contributed by atoms with Gasteiger partial charge in [-0.25, -0.2) is 0 Å². The molecule has 0 fully saturated rings. The first-order valence-corrected chi connectivity index (χ1v) is 9.89. The molecule has 3 rings (SSSR count). The van der Waals surface area contributed by atoms with Crippen molar-refractivity contribution in [1.82, 2.24) is 5.32 Å². The van der Waals surface area contributed by atoms with Gasteiger partial charge in [0.1, 0.15) is 0 Å². The zero-order chi connectivity index (χ0) is 22.7. The Hall–Kier alpha value is -3.81. The molecule has 8 nitrogen and oxygen atoms in total. The summed E-state index contributed by atoms with van der Waals surface area (Å²) < 4.78 is 0. The molecule has 0 saturated carbocycles. The lowest BCUT2D eigenvalue weighted by Crippen LogP contribution is -2.31. The molecule has 0 spiro atoms. The van der Waals surface area contributed by atoms with Crippen molar-refractivity contribution in [2.45, 2.75) is 39.2 Å². The summed E-state index contributed by atoms with van der Waals surface area (Å²) in [5.41, 5.74) is 4.04. The zero-order valence-electron chi connectivity index (χ0n) is 17.4. The van der Waals surface area contributed by atoms with Gasteiger partial charge in [-0.3, -0.25) is 25.0 Å². The quantitative estimate of drug-likeness (QED) is 0.497. The topological polar surface area (TPSA) is 115 Å². The summed E-state index contributed by atoms with van der Waals surface area (Å²) in [6.07, 6.45) is 6.26. The number of nitro groups is 2. The number of aryl methyl sites for hydroxylation is 1. The van der Waals surface area contributed by atoms with Crippen LogP contribution in [0.3, 0.4) is 0 Å². The molecule has 0 saturated heterocycles. The van der Waals surface area contributed by atoms with Crippen LogP contribution in [0.25, 0.3) is 12.2 Å². The van der Waals surface area contributed by atoms with Crippen molar-refractivity contribution < 1.29 is 14.6 Å². The minimum Gasteiger partial charge on any atom is -0.345 e. The molecule has 1 aliphatic carbocycles. The van der Waals surface area contributed by atoms with Crippen LogP contribution < -0.4 is 5.32 Å². The Balaban J connectivity index is 2.01. The van der Waals surface area contributed by atoms with Crippen LogP contribution in [0.5, 0.6) is 0 Å². The maximum atomic E-state index is 12.9. The molecule has 1 atom stereocenters. The van der Waals surface area contributed by atoms with E-state index in [1.807, 2.05) is 26.0 Å². The molecule has 0 heterocycles. The Morgan fingerprint density at radius 1 is 1.13 bits per heavy atom. The van der Waals surface area contributed by atoms with Gasteiger partial charge in [0.05, 0.1) is 27.5 Å². The van der Waals surface area contributed by atoms with Gasteiger partial charge >= 0.3 is 0 Å². The number of carbonyl (C=O) groups is 1. The highest BCUT2D eigenvalue weighted by Crippen LogP contribution is 2.36. The molecule has 0 aliphatic heterocycles. The molecule has 1 amide bonds. The second kappa shape index (κ2) is 8.91. The molecule has 0 aromatic heterocycles. The molecule has 2 aromatic rings. The lowest BCUT2D eigenvalue weighted by molar-refractivity contribution is -0.394. The molecular formula is C23H23N3O5. The van der Waals surface area contributed by atoms with E-state index < -0.39 is 27.1 Å². The van der Waals surface area contributed by atoms with Gasteiger partial charge in [-0.05, 0) is 55.4 Å². The number of non-ortho nitro benzene ring substituents is 2. The first kappa shape index (κ1) is 21.9. The lowest BCUT2D eigenvalue weighted by atomic mass is 9.82. The van der Waals surface area contributed by atoms with Crippen LogP contribution in [0.4, 0.5) is 11.4 Å². The molecule has 1 N–H and O–H groups in total. The number of carbonyl (C=O) groups excluding carboxylic acids is 1. The Morgan fingerprint density at radius 2 is 1.77 bits per heavy atom. The van der Waals surface area contributed by atoms with Crippen LogP contribution in [0.1, 0.15) is 65.3 Å². The lowest BCUT2D eigenvalue weighted by Gasteiger charge is -2.29. The molecule has 1 aliphatic rings. The third-order valence-electron chi connectivity index (χ3n) is 5.24. The largest absolute Gasteiger partial charge is 0.345 e. The van der Waals surface area contributed by atoms with Gasteiger partial charge < -0.3 is 5.32 Å². The number of fused-ring (bicyclic) bond motifs is 1. The predicted molar refractivity (Wildman–Crippen MR) is 119 cm³/mol. The Bertz CT molecular complexity index is 1080. The van der Waals surface area contributed by atoms with Crippen molar-refractivity contribution in [1.29, 1.82) is 0 Å². The number of nitro benzene ring substituents is 2. The van der Waals surface area contributed by atoms with Crippen molar-refractivity contribution in [2.75, 3.05) is 0 Å².